The van der Waals surface area contributed by atoms with Crippen LogP contribution in [0.5, 0.6) is 0 Å². The van der Waals surface area contributed by atoms with E-state index in [4.69, 9.17) is 5.73 Å². The average Bonchev–Trinajstić information content (AvgIpc) is 2.88. The number of nitrogens with zero attached hydrogens (tertiary/aromatic N) is 2. The number of amides is 1. The lowest BCUT2D eigenvalue weighted by molar-refractivity contribution is 0.0772. The number of rotatable bonds is 6. The van der Waals surface area contributed by atoms with Crippen LogP contribution in [0.3, 0.4) is 0 Å². The van der Waals surface area contributed by atoms with E-state index in [2.05, 4.69) is 30.1 Å². The SMILES string of the molecule is CC(c1ccccc1)c1cncc(C(=O)N2CC=C(c3cc(CN)ccc3CO)CC2)c1. The fourth-order valence-corrected chi connectivity index (χ4v) is 4.21. The smallest absolute Gasteiger partial charge is 0.255 e. The monoisotopic (exact) mass is 427 g/mol. The highest BCUT2D eigenvalue weighted by molar-refractivity contribution is 5.94. The second kappa shape index (κ2) is 9.90. The van der Waals surface area contributed by atoms with Crippen molar-refractivity contribution >= 4 is 11.5 Å². The van der Waals surface area contributed by atoms with E-state index in [1.165, 1.54) is 5.56 Å². The molecule has 1 unspecified atom stereocenters. The van der Waals surface area contributed by atoms with Crippen molar-refractivity contribution < 1.29 is 9.90 Å². The topological polar surface area (TPSA) is 79.5 Å². The average molecular weight is 428 g/mol. The highest BCUT2D eigenvalue weighted by atomic mass is 16.3. The van der Waals surface area contributed by atoms with Crippen molar-refractivity contribution in [3.63, 3.8) is 0 Å². The zero-order chi connectivity index (χ0) is 22.5. The quantitative estimate of drug-likeness (QED) is 0.620. The molecule has 3 N–H and O–H groups in total. The second-order valence-electron chi connectivity index (χ2n) is 8.22. The predicted octanol–water partition coefficient (Wildman–Crippen LogP) is 4.11. The number of benzene rings is 2. The van der Waals surface area contributed by atoms with Crippen molar-refractivity contribution in [2.75, 3.05) is 13.1 Å². The molecular formula is C27H29N3O2. The van der Waals surface area contributed by atoms with Gasteiger partial charge in [0.1, 0.15) is 0 Å². The summed E-state index contributed by atoms with van der Waals surface area (Å²) < 4.78 is 0. The Hall–Kier alpha value is -3.28. The molecule has 5 heteroatoms. The maximum absolute atomic E-state index is 13.2. The van der Waals surface area contributed by atoms with E-state index >= 15 is 0 Å². The van der Waals surface area contributed by atoms with Crippen molar-refractivity contribution in [2.45, 2.75) is 32.4 Å². The third-order valence-corrected chi connectivity index (χ3v) is 6.23. The molecule has 0 spiro atoms. The van der Waals surface area contributed by atoms with Gasteiger partial charge in [0.2, 0.25) is 0 Å². The van der Waals surface area contributed by atoms with Crippen molar-refractivity contribution in [3.05, 3.63) is 106 Å². The van der Waals surface area contributed by atoms with Gasteiger partial charge in [0.25, 0.3) is 5.91 Å². The first kappa shape index (κ1) is 21.9. The lowest BCUT2D eigenvalue weighted by Gasteiger charge is -2.28. The lowest BCUT2D eigenvalue weighted by atomic mass is 9.92. The summed E-state index contributed by atoms with van der Waals surface area (Å²) in [7, 11) is 0. The molecule has 0 saturated heterocycles. The summed E-state index contributed by atoms with van der Waals surface area (Å²) in [5.41, 5.74) is 12.7. The van der Waals surface area contributed by atoms with Crippen molar-refractivity contribution in [2.24, 2.45) is 5.73 Å². The van der Waals surface area contributed by atoms with Gasteiger partial charge in [-0.3, -0.25) is 9.78 Å². The molecule has 164 valence electrons. The number of hydrogen-bond acceptors (Lipinski definition) is 4. The van der Waals surface area contributed by atoms with Gasteiger partial charge in [0.15, 0.2) is 0 Å². The van der Waals surface area contributed by atoms with E-state index in [0.717, 1.165) is 34.2 Å². The minimum atomic E-state index is -0.0156. The van der Waals surface area contributed by atoms with Crippen LogP contribution in [0.25, 0.3) is 5.57 Å². The van der Waals surface area contributed by atoms with E-state index in [1.807, 2.05) is 53.6 Å². The van der Waals surface area contributed by atoms with Crippen LogP contribution in [0.15, 0.2) is 73.1 Å². The van der Waals surface area contributed by atoms with Gasteiger partial charge in [-0.05, 0) is 51.9 Å². The number of carbonyl (C=O) groups is 1. The maximum Gasteiger partial charge on any atom is 0.255 e. The number of aliphatic hydroxyl groups excluding tert-OH is 1. The number of hydrogen-bond donors (Lipinski definition) is 2. The van der Waals surface area contributed by atoms with Crippen LogP contribution in [0.1, 0.15) is 57.4 Å². The molecule has 0 fully saturated rings. The fourth-order valence-electron chi connectivity index (χ4n) is 4.21. The van der Waals surface area contributed by atoms with E-state index in [0.29, 0.717) is 25.2 Å². The van der Waals surface area contributed by atoms with Gasteiger partial charge >= 0.3 is 0 Å². The number of nitrogens with two attached hydrogens (primary N) is 1. The molecule has 1 atom stereocenters. The number of carbonyl (C=O) groups excluding carboxylic acids is 1. The lowest BCUT2D eigenvalue weighted by Crippen LogP contribution is -2.34. The normalized spacial score (nSPS) is 14.7. The van der Waals surface area contributed by atoms with Gasteiger partial charge in [-0.1, -0.05) is 55.5 Å². The summed E-state index contributed by atoms with van der Waals surface area (Å²) in [6.07, 6.45) is 6.31. The van der Waals surface area contributed by atoms with Gasteiger partial charge in [-0.25, -0.2) is 0 Å². The molecule has 0 bridgehead atoms. The van der Waals surface area contributed by atoms with Crippen LogP contribution in [0.2, 0.25) is 0 Å². The summed E-state index contributed by atoms with van der Waals surface area (Å²) in [5, 5.41) is 9.72. The van der Waals surface area contributed by atoms with Crippen LogP contribution < -0.4 is 5.73 Å². The molecule has 1 aliphatic heterocycles. The molecule has 1 aromatic heterocycles. The molecule has 3 aromatic rings. The zero-order valence-electron chi connectivity index (χ0n) is 18.4. The predicted molar refractivity (Wildman–Crippen MR) is 127 cm³/mol. The first-order valence-corrected chi connectivity index (χ1v) is 11.0. The van der Waals surface area contributed by atoms with E-state index in [-0.39, 0.29) is 18.4 Å². The summed E-state index contributed by atoms with van der Waals surface area (Å²) in [4.78, 5) is 19.4. The van der Waals surface area contributed by atoms with E-state index < -0.39 is 0 Å². The molecule has 32 heavy (non-hydrogen) atoms. The Morgan fingerprint density at radius 1 is 1.12 bits per heavy atom. The minimum Gasteiger partial charge on any atom is -0.392 e. The molecule has 2 heterocycles. The molecule has 1 amide bonds. The van der Waals surface area contributed by atoms with Crippen LogP contribution in [0, 0.1) is 0 Å². The summed E-state index contributed by atoms with van der Waals surface area (Å²) in [5.74, 6) is 0.157. The Balaban J connectivity index is 1.51. The van der Waals surface area contributed by atoms with Crippen LogP contribution in [-0.2, 0) is 13.2 Å². The molecule has 0 aliphatic carbocycles. The highest BCUT2D eigenvalue weighted by Crippen LogP contribution is 2.28. The molecule has 2 aromatic carbocycles. The third-order valence-electron chi connectivity index (χ3n) is 6.23. The van der Waals surface area contributed by atoms with Crippen molar-refractivity contribution in [1.29, 1.82) is 0 Å². The van der Waals surface area contributed by atoms with Gasteiger partial charge in [0.05, 0.1) is 12.2 Å². The van der Waals surface area contributed by atoms with Gasteiger partial charge < -0.3 is 15.7 Å². The summed E-state index contributed by atoms with van der Waals surface area (Å²) in [6.45, 7) is 3.73. The van der Waals surface area contributed by atoms with Gasteiger partial charge in [0, 0.05) is 37.9 Å². The van der Waals surface area contributed by atoms with Crippen molar-refractivity contribution in [1.82, 2.24) is 9.88 Å². The van der Waals surface area contributed by atoms with Gasteiger partial charge in [-0.15, -0.1) is 0 Å². The number of aromatic nitrogens is 1. The standard InChI is InChI=1S/C27H29N3O2/c1-19(21-5-3-2-4-6-21)24-14-25(17-29-16-24)27(32)30-11-9-22(10-12-30)26-13-20(15-28)7-8-23(26)18-31/h2-9,13-14,16-17,19,31H,10-12,15,18,28H2,1H3. The Kier molecular flexibility index (Phi) is 6.78. The molecule has 1 aliphatic rings. The van der Waals surface area contributed by atoms with Crippen LogP contribution in [0.4, 0.5) is 0 Å². The second-order valence-corrected chi connectivity index (χ2v) is 8.22. The number of pyridine rings is 1. The summed E-state index contributed by atoms with van der Waals surface area (Å²) >= 11 is 0. The maximum atomic E-state index is 13.2. The van der Waals surface area contributed by atoms with Crippen LogP contribution in [-0.4, -0.2) is 34.0 Å². The Morgan fingerprint density at radius 2 is 1.94 bits per heavy atom. The Labute approximate surface area is 189 Å². The van der Waals surface area contributed by atoms with E-state index in [9.17, 15) is 9.90 Å². The van der Waals surface area contributed by atoms with Crippen molar-refractivity contribution in [3.8, 4) is 0 Å². The first-order valence-electron chi connectivity index (χ1n) is 11.0. The molecular weight excluding hydrogens is 398 g/mol. The number of aliphatic hydroxyl groups is 1. The van der Waals surface area contributed by atoms with Crippen LogP contribution >= 0.6 is 0 Å². The molecule has 5 nitrogen and oxygen atoms in total. The fraction of sp³-hybridized carbons (Fsp3) is 0.259. The molecule has 4 rings (SSSR count). The first-order chi connectivity index (χ1) is 15.6. The van der Waals surface area contributed by atoms with E-state index in [1.54, 1.807) is 6.20 Å². The molecule has 0 saturated carbocycles. The van der Waals surface area contributed by atoms with Gasteiger partial charge in [-0.2, -0.15) is 0 Å². The zero-order valence-corrected chi connectivity index (χ0v) is 18.4. The largest absolute Gasteiger partial charge is 0.392 e. The third kappa shape index (κ3) is 4.64. The highest BCUT2D eigenvalue weighted by Gasteiger charge is 2.22. The molecule has 0 radical (unpaired) electrons. The minimum absolute atomic E-state index is 0.00648. The summed E-state index contributed by atoms with van der Waals surface area (Å²) in [6, 6.07) is 18.1. The Bertz CT molecular complexity index is 1120. The Morgan fingerprint density at radius 3 is 2.62 bits per heavy atom.